The maximum Gasteiger partial charge on any atom is 0.277 e. The number of rotatable bonds is 7. The fraction of sp³-hybridized carbons (Fsp3) is 0.522. The number of fused-ring (bicyclic) bond motifs is 1. The fourth-order valence-corrected chi connectivity index (χ4v) is 6.04. The minimum absolute atomic E-state index is 0.138. The summed E-state index contributed by atoms with van der Waals surface area (Å²) < 4.78 is 35.5. The molecule has 1 N–H and O–H groups in total. The molecule has 2 fully saturated rings. The molecular weight excluding hydrogens is 456 g/mol. The lowest BCUT2D eigenvalue weighted by molar-refractivity contribution is 0.196. The highest BCUT2D eigenvalue weighted by molar-refractivity contribution is 7.89. The van der Waals surface area contributed by atoms with E-state index in [2.05, 4.69) is 21.8 Å². The summed E-state index contributed by atoms with van der Waals surface area (Å²) in [6.45, 7) is 9.70. The normalized spacial score (nSPS) is 19.7. The average Bonchev–Trinajstić information content (AvgIpc) is 3.63. The minimum Gasteiger partial charge on any atom is -0.368 e. The lowest BCUT2D eigenvalue weighted by atomic mass is 10.0. The van der Waals surface area contributed by atoms with Gasteiger partial charge in [-0.25, -0.2) is 17.9 Å². The summed E-state index contributed by atoms with van der Waals surface area (Å²) >= 11 is 0. The van der Waals surface area contributed by atoms with Gasteiger partial charge in [-0.3, -0.25) is 4.79 Å². The summed E-state index contributed by atoms with van der Waals surface area (Å²) in [5, 5.41) is 4.70. The van der Waals surface area contributed by atoms with Crippen LogP contribution in [-0.4, -0.2) is 76.5 Å². The van der Waals surface area contributed by atoms with Crippen molar-refractivity contribution >= 4 is 15.5 Å². The Morgan fingerprint density at radius 3 is 2.56 bits per heavy atom. The van der Waals surface area contributed by atoms with E-state index in [0.29, 0.717) is 67.6 Å². The third-order valence-corrected chi connectivity index (χ3v) is 8.49. The molecule has 0 saturated carbocycles. The number of epoxide rings is 1. The molecule has 10 nitrogen and oxygen atoms in total. The summed E-state index contributed by atoms with van der Waals surface area (Å²) in [6, 6.07) is 5.02. The topological polar surface area (TPSA) is 116 Å². The van der Waals surface area contributed by atoms with Crippen molar-refractivity contribution in [2.24, 2.45) is 0 Å². The molecule has 2 aromatic heterocycles. The molecule has 4 heterocycles. The molecule has 0 aliphatic carbocycles. The van der Waals surface area contributed by atoms with E-state index < -0.39 is 10.0 Å². The van der Waals surface area contributed by atoms with Crippen molar-refractivity contribution in [1.82, 2.24) is 28.8 Å². The van der Waals surface area contributed by atoms with Crippen LogP contribution >= 0.6 is 0 Å². The number of imidazole rings is 1. The van der Waals surface area contributed by atoms with E-state index in [1.54, 1.807) is 29.6 Å². The smallest absolute Gasteiger partial charge is 0.277 e. The number of nitrogens with one attached hydrogen (secondary N) is 1. The summed E-state index contributed by atoms with van der Waals surface area (Å²) in [4.78, 5) is 22.8. The molecule has 1 unspecified atom stereocenters. The van der Waals surface area contributed by atoms with Gasteiger partial charge in [0.1, 0.15) is 11.9 Å². The molecule has 1 atom stereocenters. The van der Waals surface area contributed by atoms with Gasteiger partial charge in [0, 0.05) is 38.2 Å². The molecule has 2 saturated heterocycles. The predicted octanol–water partition coefficient (Wildman–Crippen LogP) is 1.74. The number of aromatic amines is 1. The van der Waals surface area contributed by atoms with E-state index in [0.717, 1.165) is 18.5 Å². The van der Waals surface area contributed by atoms with E-state index in [9.17, 15) is 13.2 Å². The van der Waals surface area contributed by atoms with Gasteiger partial charge in [-0.2, -0.15) is 4.31 Å². The fourth-order valence-electron chi connectivity index (χ4n) is 4.59. The average molecular weight is 487 g/mol. The zero-order valence-electron chi connectivity index (χ0n) is 19.7. The Balaban J connectivity index is 1.61. The molecule has 2 aliphatic rings. The van der Waals surface area contributed by atoms with E-state index in [1.807, 2.05) is 6.92 Å². The summed E-state index contributed by atoms with van der Waals surface area (Å²) in [5.74, 6) is 1.02. The number of sulfonamides is 1. The molecular formula is C23H30N6O4S. The molecule has 1 aromatic carbocycles. The monoisotopic (exact) mass is 486 g/mol. The first-order chi connectivity index (χ1) is 16.3. The molecule has 0 radical (unpaired) electrons. The number of piperazine rings is 1. The van der Waals surface area contributed by atoms with E-state index in [4.69, 9.17) is 9.84 Å². The Labute approximate surface area is 198 Å². The first-order valence-electron chi connectivity index (χ1n) is 11.8. The maximum absolute atomic E-state index is 13.5. The highest BCUT2D eigenvalue weighted by atomic mass is 32.2. The first-order valence-corrected chi connectivity index (χ1v) is 13.2. The second kappa shape index (κ2) is 8.88. The number of likely N-dealkylation sites (N-methyl/N-ethyl adjacent to an activating group) is 1. The van der Waals surface area contributed by atoms with Gasteiger partial charge in [0.15, 0.2) is 11.3 Å². The van der Waals surface area contributed by atoms with E-state index in [1.165, 1.54) is 4.31 Å². The molecule has 2 aliphatic heterocycles. The Morgan fingerprint density at radius 1 is 1.18 bits per heavy atom. The molecule has 34 heavy (non-hydrogen) atoms. The van der Waals surface area contributed by atoms with Crippen LogP contribution in [0.15, 0.2) is 27.9 Å². The Hall–Kier alpha value is -2.60. The molecule has 0 amide bonds. The summed E-state index contributed by atoms with van der Waals surface area (Å²) in [5.41, 5.74) is 2.10. The highest BCUT2D eigenvalue weighted by Gasteiger charge is 2.33. The third-order valence-electron chi connectivity index (χ3n) is 6.59. The van der Waals surface area contributed by atoms with Gasteiger partial charge in [-0.1, -0.05) is 19.9 Å². The molecule has 11 heteroatoms. The van der Waals surface area contributed by atoms with E-state index in [-0.39, 0.29) is 16.6 Å². The summed E-state index contributed by atoms with van der Waals surface area (Å²) in [6.07, 6.45) is 1.41. The Bertz CT molecular complexity index is 1380. The van der Waals surface area contributed by atoms with Crippen molar-refractivity contribution < 1.29 is 13.2 Å². The molecule has 0 spiro atoms. The predicted molar refractivity (Wildman–Crippen MR) is 127 cm³/mol. The lowest BCUT2D eigenvalue weighted by Gasteiger charge is -2.33. The van der Waals surface area contributed by atoms with Crippen molar-refractivity contribution in [3.05, 3.63) is 45.6 Å². The number of ether oxygens (including phenoxy) is 1. The standard InChI is InChI=1S/C23H30N6O4S/c1-4-6-20-24-15(3)21-23(30)25-22(26-29(20)21)18-13-16(7-8-17(18)19-14-33-19)34(31,32)28-11-9-27(5-2)10-12-28/h7-8,13,19H,4-6,9-12,14H2,1-3H3,(H,25,26,30). The minimum atomic E-state index is -3.68. The maximum atomic E-state index is 13.5. The van der Waals surface area contributed by atoms with Crippen molar-refractivity contribution in [3.63, 3.8) is 0 Å². The number of aromatic nitrogens is 4. The van der Waals surface area contributed by atoms with Gasteiger partial charge >= 0.3 is 0 Å². The Kier molecular flexibility index (Phi) is 6.05. The van der Waals surface area contributed by atoms with E-state index >= 15 is 0 Å². The third kappa shape index (κ3) is 4.06. The van der Waals surface area contributed by atoms with Crippen molar-refractivity contribution in [2.45, 2.75) is 44.6 Å². The van der Waals surface area contributed by atoms with Crippen LogP contribution < -0.4 is 5.56 Å². The SMILES string of the molecule is CCCc1nc(C)c2c(=O)[nH]c(-c3cc(S(=O)(=O)N4CCN(CC)CC4)ccc3C3CO3)nn12. The van der Waals surface area contributed by atoms with Crippen LogP contribution in [0.2, 0.25) is 0 Å². The van der Waals surface area contributed by atoms with Gasteiger partial charge in [0.05, 0.1) is 17.2 Å². The number of H-pyrrole nitrogens is 1. The van der Waals surface area contributed by atoms with Crippen LogP contribution in [0.25, 0.3) is 16.9 Å². The summed E-state index contributed by atoms with van der Waals surface area (Å²) in [7, 11) is -3.68. The van der Waals surface area contributed by atoms with Gasteiger partial charge < -0.3 is 14.6 Å². The van der Waals surface area contributed by atoms with Gasteiger partial charge in [0.25, 0.3) is 5.56 Å². The second-order valence-corrected chi connectivity index (χ2v) is 10.8. The van der Waals surface area contributed by atoms with Crippen LogP contribution in [0, 0.1) is 6.92 Å². The zero-order chi connectivity index (χ0) is 24.0. The Morgan fingerprint density at radius 2 is 1.91 bits per heavy atom. The number of hydrogen-bond acceptors (Lipinski definition) is 7. The lowest BCUT2D eigenvalue weighted by Crippen LogP contribution is -2.48. The quantitative estimate of drug-likeness (QED) is 0.506. The van der Waals surface area contributed by atoms with Crippen LogP contribution in [-0.2, 0) is 21.2 Å². The second-order valence-electron chi connectivity index (χ2n) is 8.84. The molecule has 0 bridgehead atoms. The number of hydrogen-bond donors (Lipinski definition) is 1. The molecule has 5 rings (SSSR count). The van der Waals surface area contributed by atoms with Gasteiger partial charge in [-0.15, -0.1) is 5.10 Å². The van der Waals surface area contributed by atoms with Gasteiger partial charge in [-0.05, 0) is 37.6 Å². The van der Waals surface area contributed by atoms with Crippen LogP contribution in [0.4, 0.5) is 0 Å². The van der Waals surface area contributed by atoms with Crippen molar-refractivity contribution in [2.75, 3.05) is 39.3 Å². The van der Waals surface area contributed by atoms with Crippen LogP contribution in [0.5, 0.6) is 0 Å². The largest absolute Gasteiger partial charge is 0.368 e. The van der Waals surface area contributed by atoms with Crippen LogP contribution in [0.3, 0.4) is 0 Å². The van der Waals surface area contributed by atoms with Crippen molar-refractivity contribution in [1.29, 1.82) is 0 Å². The number of aryl methyl sites for hydroxylation is 2. The molecule has 3 aromatic rings. The van der Waals surface area contributed by atoms with Crippen LogP contribution in [0.1, 0.15) is 43.5 Å². The van der Waals surface area contributed by atoms with Crippen molar-refractivity contribution in [3.8, 4) is 11.4 Å². The van der Waals surface area contributed by atoms with Gasteiger partial charge in [0.2, 0.25) is 10.0 Å². The number of benzene rings is 1. The molecule has 182 valence electrons. The first kappa shape index (κ1) is 23.2. The highest BCUT2D eigenvalue weighted by Crippen LogP contribution is 2.37. The zero-order valence-corrected chi connectivity index (χ0v) is 20.6. The number of nitrogens with zero attached hydrogens (tertiary/aromatic N) is 5.